The predicted octanol–water partition coefficient (Wildman–Crippen LogP) is 4.31. The lowest BCUT2D eigenvalue weighted by Crippen LogP contribution is -2.30. The van der Waals surface area contributed by atoms with E-state index < -0.39 is 0 Å². The number of methoxy groups -OCH3 is 2. The highest BCUT2D eigenvalue weighted by molar-refractivity contribution is 6.11. The Morgan fingerprint density at radius 2 is 1.44 bits per heavy atom. The van der Waals surface area contributed by atoms with Gasteiger partial charge in [0.1, 0.15) is 6.54 Å². The summed E-state index contributed by atoms with van der Waals surface area (Å²) in [7, 11) is 3.38. The number of fused-ring (bicyclic) bond motifs is 1. The molecule has 0 spiro atoms. The summed E-state index contributed by atoms with van der Waals surface area (Å²) < 4.78 is 13.6. The molecule has 0 N–H and O–H groups in total. The normalized spacial score (nSPS) is 13.3. The largest absolute Gasteiger partial charge is 0.493 e. The van der Waals surface area contributed by atoms with E-state index >= 15 is 0 Å². The molecule has 3 aromatic carbocycles. The summed E-state index contributed by atoms with van der Waals surface area (Å²) in [4.78, 5) is 0. The number of rotatable bonds is 5. The molecule has 0 radical (unpaired) electrons. The van der Waals surface area contributed by atoms with Crippen molar-refractivity contribution in [3.05, 3.63) is 95.1 Å². The van der Waals surface area contributed by atoms with E-state index in [1.54, 1.807) is 14.2 Å². The second-order valence-electron chi connectivity index (χ2n) is 6.74. The van der Waals surface area contributed by atoms with E-state index in [0.29, 0.717) is 0 Å². The van der Waals surface area contributed by atoms with E-state index in [-0.39, 0.29) is 0 Å². The fraction of sp³-hybridized carbons (Fsp3) is 0.208. The van der Waals surface area contributed by atoms with Crippen molar-refractivity contribution in [3.8, 4) is 11.5 Å². The Bertz CT molecular complexity index is 962. The maximum atomic E-state index is 5.58. The van der Waals surface area contributed by atoms with Gasteiger partial charge in [-0.25, -0.2) is 4.58 Å². The molecule has 4 rings (SSSR count). The van der Waals surface area contributed by atoms with Gasteiger partial charge >= 0.3 is 0 Å². The van der Waals surface area contributed by atoms with Crippen LogP contribution in [0, 0.1) is 0 Å². The summed E-state index contributed by atoms with van der Waals surface area (Å²) >= 11 is 0. The van der Waals surface area contributed by atoms with Crippen LogP contribution >= 0.6 is 0 Å². The first-order valence-corrected chi connectivity index (χ1v) is 9.26. The van der Waals surface area contributed by atoms with Gasteiger partial charge in [0.25, 0.3) is 0 Å². The standard InChI is InChI=1S/C24H24NO2/c1-26-22-15-20-13-14-25(17-18-9-5-3-6-10-18)24(19-11-7-4-8-12-19)21(20)16-23(22)27-2/h3-12,15-16H,13-14,17H2,1-2H3/q+1. The van der Waals surface area contributed by atoms with Crippen LogP contribution in [0.2, 0.25) is 0 Å². The van der Waals surface area contributed by atoms with Crippen LogP contribution in [0.15, 0.2) is 72.8 Å². The molecular formula is C24H24NO2+. The minimum atomic E-state index is 0.770. The van der Waals surface area contributed by atoms with Crippen LogP contribution in [0.3, 0.4) is 0 Å². The second kappa shape index (κ2) is 7.67. The van der Waals surface area contributed by atoms with Gasteiger partial charge in [-0.1, -0.05) is 48.5 Å². The molecule has 0 fully saturated rings. The Labute approximate surface area is 160 Å². The average Bonchev–Trinajstić information content (AvgIpc) is 2.74. The molecule has 0 unspecified atom stereocenters. The lowest BCUT2D eigenvalue weighted by molar-refractivity contribution is -0.544. The molecule has 1 heterocycles. The van der Waals surface area contributed by atoms with Crippen LogP contribution in [-0.4, -0.2) is 31.1 Å². The number of ether oxygens (including phenoxy) is 2. The lowest BCUT2D eigenvalue weighted by Gasteiger charge is -2.21. The second-order valence-corrected chi connectivity index (χ2v) is 6.74. The molecule has 1 aliphatic heterocycles. The highest BCUT2D eigenvalue weighted by Crippen LogP contribution is 2.33. The average molecular weight is 358 g/mol. The monoisotopic (exact) mass is 358 g/mol. The summed E-state index contributed by atoms with van der Waals surface area (Å²) in [5.41, 5.74) is 6.31. The summed E-state index contributed by atoms with van der Waals surface area (Å²) in [5.74, 6) is 1.56. The van der Waals surface area contributed by atoms with E-state index in [0.717, 1.165) is 31.0 Å². The molecule has 0 saturated carbocycles. The Morgan fingerprint density at radius 1 is 0.815 bits per heavy atom. The van der Waals surface area contributed by atoms with E-state index in [1.807, 2.05) is 0 Å². The molecule has 3 nitrogen and oxygen atoms in total. The molecule has 136 valence electrons. The zero-order valence-electron chi connectivity index (χ0n) is 15.8. The van der Waals surface area contributed by atoms with E-state index in [4.69, 9.17) is 9.47 Å². The highest BCUT2D eigenvalue weighted by atomic mass is 16.5. The lowest BCUT2D eigenvalue weighted by atomic mass is 9.91. The molecule has 0 aromatic heterocycles. The Morgan fingerprint density at radius 3 is 2.11 bits per heavy atom. The highest BCUT2D eigenvalue weighted by Gasteiger charge is 2.29. The zero-order valence-corrected chi connectivity index (χ0v) is 15.8. The number of benzene rings is 3. The van der Waals surface area contributed by atoms with Crippen molar-refractivity contribution in [1.29, 1.82) is 0 Å². The summed E-state index contributed by atoms with van der Waals surface area (Å²) in [6.45, 7) is 1.86. The van der Waals surface area contributed by atoms with Crippen LogP contribution in [0.5, 0.6) is 11.5 Å². The molecule has 0 amide bonds. The van der Waals surface area contributed by atoms with Crippen molar-refractivity contribution in [2.24, 2.45) is 0 Å². The molecular weight excluding hydrogens is 334 g/mol. The summed E-state index contributed by atoms with van der Waals surface area (Å²) in [6.07, 6.45) is 0.985. The van der Waals surface area contributed by atoms with Crippen LogP contribution in [0.4, 0.5) is 0 Å². The van der Waals surface area contributed by atoms with Crippen molar-refractivity contribution in [2.75, 3.05) is 20.8 Å². The van der Waals surface area contributed by atoms with Crippen molar-refractivity contribution < 1.29 is 14.0 Å². The van der Waals surface area contributed by atoms with Crippen molar-refractivity contribution in [2.45, 2.75) is 13.0 Å². The van der Waals surface area contributed by atoms with Crippen LogP contribution in [0.25, 0.3) is 0 Å². The van der Waals surface area contributed by atoms with Crippen LogP contribution < -0.4 is 9.47 Å². The minimum absolute atomic E-state index is 0.770. The molecule has 0 atom stereocenters. The smallest absolute Gasteiger partial charge is 0.215 e. The van der Waals surface area contributed by atoms with Gasteiger partial charge in [0.15, 0.2) is 18.0 Å². The third-order valence-electron chi connectivity index (χ3n) is 5.10. The number of hydrogen-bond donors (Lipinski definition) is 0. The van der Waals surface area contributed by atoms with Gasteiger partial charge < -0.3 is 9.47 Å². The van der Waals surface area contributed by atoms with Crippen LogP contribution in [-0.2, 0) is 13.0 Å². The van der Waals surface area contributed by atoms with Gasteiger partial charge in [-0.15, -0.1) is 0 Å². The molecule has 3 aromatic rings. The molecule has 1 aliphatic rings. The third kappa shape index (κ3) is 3.45. The maximum absolute atomic E-state index is 5.58. The van der Waals surface area contributed by atoms with Crippen molar-refractivity contribution in [1.82, 2.24) is 0 Å². The van der Waals surface area contributed by atoms with E-state index in [2.05, 4.69) is 77.4 Å². The first-order valence-electron chi connectivity index (χ1n) is 9.26. The van der Waals surface area contributed by atoms with Gasteiger partial charge in [0.2, 0.25) is 5.71 Å². The first kappa shape index (κ1) is 17.3. The first-order chi connectivity index (χ1) is 13.3. The Kier molecular flexibility index (Phi) is 4.93. The predicted molar refractivity (Wildman–Crippen MR) is 108 cm³/mol. The SMILES string of the molecule is COc1cc2c(cc1OC)C(c1ccccc1)=[N+](Cc1ccccc1)CC2. The van der Waals surface area contributed by atoms with Gasteiger partial charge in [-0.2, -0.15) is 0 Å². The van der Waals surface area contributed by atoms with Gasteiger partial charge in [0.05, 0.1) is 19.8 Å². The minimum Gasteiger partial charge on any atom is -0.493 e. The molecule has 3 heteroatoms. The maximum Gasteiger partial charge on any atom is 0.215 e. The fourth-order valence-corrected chi connectivity index (χ4v) is 3.78. The molecule has 0 saturated heterocycles. The van der Waals surface area contributed by atoms with Gasteiger partial charge in [-0.05, 0) is 29.8 Å². The van der Waals surface area contributed by atoms with Crippen LogP contribution in [0.1, 0.15) is 22.3 Å². The van der Waals surface area contributed by atoms with E-state index in [9.17, 15) is 0 Å². The Balaban J connectivity index is 1.89. The number of nitrogens with zero attached hydrogens (tertiary/aromatic N) is 1. The van der Waals surface area contributed by atoms with Crippen molar-refractivity contribution >= 4 is 5.71 Å². The van der Waals surface area contributed by atoms with E-state index in [1.165, 1.54) is 28.0 Å². The van der Waals surface area contributed by atoms with Crippen molar-refractivity contribution in [3.63, 3.8) is 0 Å². The molecule has 0 bridgehead atoms. The molecule has 0 aliphatic carbocycles. The van der Waals surface area contributed by atoms with Gasteiger partial charge in [-0.3, -0.25) is 0 Å². The van der Waals surface area contributed by atoms with Gasteiger partial charge in [0, 0.05) is 17.5 Å². The summed E-state index contributed by atoms with van der Waals surface area (Å²) in [5, 5.41) is 0. The summed E-state index contributed by atoms with van der Waals surface area (Å²) in [6, 6.07) is 25.5. The quantitative estimate of drug-likeness (QED) is 0.634. The Hall–Kier alpha value is -3.07. The third-order valence-corrected chi connectivity index (χ3v) is 5.10. The zero-order chi connectivity index (χ0) is 18.6. The topological polar surface area (TPSA) is 21.5 Å². The number of hydrogen-bond acceptors (Lipinski definition) is 2. The molecule has 27 heavy (non-hydrogen) atoms. The fourth-order valence-electron chi connectivity index (χ4n) is 3.78.